The second kappa shape index (κ2) is 5.38. The van der Waals surface area contributed by atoms with Crippen molar-refractivity contribution < 1.29 is 0 Å². The van der Waals surface area contributed by atoms with E-state index in [0.717, 1.165) is 27.8 Å². The van der Waals surface area contributed by atoms with Gasteiger partial charge in [-0.3, -0.25) is 4.90 Å². The number of hydrogen-bond donors (Lipinski definition) is 0. The van der Waals surface area contributed by atoms with E-state index >= 15 is 0 Å². The molecule has 0 amide bonds. The summed E-state index contributed by atoms with van der Waals surface area (Å²) < 4.78 is 4.77. The lowest BCUT2D eigenvalue weighted by molar-refractivity contribution is 0.241. The third kappa shape index (κ3) is 2.84. The lowest BCUT2D eigenvalue weighted by Gasteiger charge is -2.14. The third-order valence-corrected chi connectivity index (χ3v) is 4.80. The van der Waals surface area contributed by atoms with E-state index in [1.54, 1.807) is 11.3 Å². The molecule has 0 aliphatic heterocycles. The molecule has 20 heavy (non-hydrogen) atoms. The first-order valence-corrected chi connectivity index (χ1v) is 8.06. The molecule has 0 radical (unpaired) electrons. The molecule has 0 atom stereocenters. The fourth-order valence-electron chi connectivity index (χ4n) is 2.33. The van der Waals surface area contributed by atoms with Gasteiger partial charge in [0.05, 0.1) is 17.4 Å². The largest absolute Gasteiger partial charge is 0.307 e. The van der Waals surface area contributed by atoms with Gasteiger partial charge in [0, 0.05) is 24.9 Å². The maximum Gasteiger partial charge on any atom is 0.198 e. The lowest BCUT2D eigenvalue weighted by Crippen LogP contribution is -2.22. The number of hydrogen-bond acceptors (Lipinski definition) is 5. The van der Waals surface area contributed by atoms with Crippen molar-refractivity contribution in [2.24, 2.45) is 7.05 Å². The lowest BCUT2D eigenvalue weighted by atomic mass is 10.4. The van der Waals surface area contributed by atoms with E-state index in [1.807, 2.05) is 23.2 Å². The van der Waals surface area contributed by atoms with Gasteiger partial charge in [0.1, 0.15) is 5.82 Å². The monoisotopic (exact) mass is 309 g/mol. The molecule has 3 rings (SSSR count). The van der Waals surface area contributed by atoms with Crippen LogP contribution in [0.3, 0.4) is 0 Å². The summed E-state index contributed by atoms with van der Waals surface area (Å²) in [6.45, 7) is 3.56. The number of thiazole rings is 1. The van der Waals surface area contributed by atoms with Gasteiger partial charge in [-0.05, 0) is 39.0 Å². The second-order valence-electron chi connectivity index (χ2n) is 5.49. The Hall–Kier alpha value is -1.05. The van der Waals surface area contributed by atoms with Crippen LogP contribution in [0, 0.1) is 11.7 Å². The molecule has 5 nitrogen and oxygen atoms in total. The molecule has 108 valence electrons. The number of rotatable bonds is 5. The summed E-state index contributed by atoms with van der Waals surface area (Å²) in [4.78, 5) is 6.68. The minimum Gasteiger partial charge on any atom is -0.307 e. The van der Waals surface area contributed by atoms with E-state index in [0.29, 0.717) is 12.6 Å². The molecule has 0 N–H and O–H groups in total. The molecule has 1 aliphatic carbocycles. The van der Waals surface area contributed by atoms with E-state index in [2.05, 4.69) is 27.4 Å². The molecule has 2 aromatic rings. The van der Waals surface area contributed by atoms with Gasteiger partial charge in [-0.25, -0.2) is 9.67 Å². The summed E-state index contributed by atoms with van der Waals surface area (Å²) in [5.41, 5.74) is 1.11. The number of aromatic nitrogens is 4. The van der Waals surface area contributed by atoms with Crippen LogP contribution in [0.1, 0.15) is 35.3 Å². The van der Waals surface area contributed by atoms with E-state index in [1.165, 1.54) is 12.8 Å². The van der Waals surface area contributed by atoms with Crippen molar-refractivity contribution in [2.45, 2.75) is 38.9 Å². The SMILES string of the molecule is Cc1nc(CN(C)Cn2nc(C3CC3)n(C)c2=S)cs1. The van der Waals surface area contributed by atoms with E-state index in [9.17, 15) is 0 Å². The van der Waals surface area contributed by atoms with Crippen molar-refractivity contribution in [1.82, 2.24) is 24.2 Å². The Kier molecular flexibility index (Phi) is 3.74. The van der Waals surface area contributed by atoms with E-state index < -0.39 is 0 Å². The summed E-state index contributed by atoms with van der Waals surface area (Å²) in [5, 5.41) is 7.89. The summed E-state index contributed by atoms with van der Waals surface area (Å²) in [6, 6.07) is 0. The highest BCUT2D eigenvalue weighted by atomic mass is 32.1. The Morgan fingerprint density at radius 1 is 1.50 bits per heavy atom. The maximum absolute atomic E-state index is 5.47. The zero-order valence-corrected chi connectivity index (χ0v) is 13.7. The molecular weight excluding hydrogens is 290 g/mol. The van der Waals surface area contributed by atoms with Crippen LogP contribution in [0.5, 0.6) is 0 Å². The average molecular weight is 309 g/mol. The van der Waals surface area contributed by atoms with Gasteiger partial charge in [0.15, 0.2) is 4.77 Å². The Morgan fingerprint density at radius 3 is 2.85 bits per heavy atom. The molecule has 0 spiro atoms. The first kappa shape index (κ1) is 13.9. The molecule has 0 bridgehead atoms. The van der Waals surface area contributed by atoms with Gasteiger partial charge in [-0.15, -0.1) is 11.3 Å². The molecular formula is C13H19N5S2. The maximum atomic E-state index is 5.47. The average Bonchev–Trinajstić information content (AvgIpc) is 3.11. The normalized spacial score (nSPS) is 15.2. The Labute approximate surface area is 127 Å². The van der Waals surface area contributed by atoms with Crippen molar-refractivity contribution in [3.8, 4) is 0 Å². The van der Waals surface area contributed by atoms with Crippen LogP contribution in [0.4, 0.5) is 0 Å². The van der Waals surface area contributed by atoms with Crippen LogP contribution in [-0.4, -0.2) is 31.3 Å². The highest BCUT2D eigenvalue weighted by Gasteiger charge is 2.29. The van der Waals surface area contributed by atoms with Gasteiger partial charge >= 0.3 is 0 Å². The van der Waals surface area contributed by atoms with Crippen molar-refractivity contribution in [3.63, 3.8) is 0 Å². The predicted octanol–water partition coefficient (Wildman–Crippen LogP) is 2.68. The Balaban J connectivity index is 1.71. The summed E-state index contributed by atoms with van der Waals surface area (Å²) in [7, 11) is 4.09. The topological polar surface area (TPSA) is 38.9 Å². The van der Waals surface area contributed by atoms with Crippen LogP contribution in [0.15, 0.2) is 5.38 Å². The minimum absolute atomic E-state index is 0.620. The van der Waals surface area contributed by atoms with Crippen molar-refractivity contribution >= 4 is 23.6 Å². The van der Waals surface area contributed by atoms with Crippen LogP contribution in [0.2, 0.25) is 0 Å². The smallest absolute Gasteiger partial charge is 0.198 e. The molecule has 1 saturated carbocycles. The van der Waals surface area contributed by atoms with Gasteiger partial charge < -0.3 is 4.57 Å². The Bertz CT molecular complexity index is 665. The molecule has 1 fully saturated rings. The van der Waals surface area contributed by atoms with Crippen molar-refractivity contribution in [3.05, 3.63) is 26.7 Å². The predicted molar refractivity (Wildman–Crippen MR) is 82.3 cm³/mol. The molecule has 7 heteroatoms. The quantitative estimate of drug-likeness (QED) is 0.796. The van der Waals surface area contributed by atoms with E-state index in [-0.39, 0.29) is 0 Å². The minimum atomic E-state index is 0.620. The third-order valence-electron chi connectivity index (χ3n) is 3.49. The fraction of sp³-hybridized carbons (Fsp3) is 0.615. The summed E-state index contributed by atoms with van der Waals surface area (Å²) >= 11 is 7.16. The first-order chi connectivity index (χ1) is 9.54. The molecule has 0 saturated heterocycles. The standard InChI is InChI=1S/C13H19N5S2/c1-9-14-11(7-20-9)6-16(2)8-18-13(19)17(3)12(15-18)10-4-5-10/h7,10H,4-6,8H2,1-3H3. The fourth-order valence-corrected chi connectivity index (χ4v) is 3.13. The number of nitrogens with zero attached hydrogens (tertiary/aromatic N) is 5. The highest BCUT2D eigenvalue weighted by molar-refractivity contribution is 7.71. The summed E-state index contributed by atoms with van der Waals surface area (Å²) in [5.74, 6) is 1.75. The summed E-state index contributed by atoms with van der Waals surface area (Å²) in [6.07, 6.45) is 2.49. The molecule has 2 aromatic heterocycles. The first-order valence-electron chi connectivity index (χ1n) is 6.78. The van der Waals surface area contributed by atoms with Gasteiger partial charge in [0.2, 0.25) is 0 Å². The van der Waals surface area contributed by atoms with Crippen LogP contribution in [0.25, 0.3) is 0 Å². The zero-order valence-electron chi connectivity index (χ0n) is 12.0. The van der Waals surface area contributed by atoms with Crippen molar-refractivity contribution in [2.75, 3.05) is 7.05 Å². The van der Waals surface area contributed by atoms with Gasteiger partial charge in [-0.2, -0.15) is 5.10 Å². The van der Waals surface area contributed by atoms with Gasteiger partial charge in [-0.1, -0.05) is 0 Å². The van der Waals surface area contributed by atoms with Crippen LogP contribution >= 0.6 is 23.6 Å². The Morgan fingerprint density at radius 2 is 2.25 bits per heavy atom. The zero-order chi connectivity index (χ0) is 14.3. The van der Waals surface area contributed by atoms with E-state index in [4.69, 9.17) is 12.2 Å². The molecule has 1 aliphatic rings. The van der Waals surface area contributed by atoms with Gasteiger partial charge in [0.25, 0.3) is 0 Å². The van der Waals surface area contributed by atoms with Crippen LogP contribution < -0.4 is 0 Å². The molecule has 2 heterocycles. The van der Waals surface area contributed by atoms with Crippen LogP contribution in [-0.2, 0) is 20.3 Å². The number of aryl methyl sites for hydroxylation is 1. The molecule has 0 aromatic carbocycles. The second-order valence-corrected chi connectivity index (χ2v) is 6.91. The van der Waals surface area contributed by atoms with Crippen molar-refractivity contribution in [1.29, 1.82) is 0 Å². The molecule has 0 unspecified atom stereocenters. The highest BCUT2D eigenvalue weighted by Crippen LogP contribution is 2.38.